The van der Waals surface area contributed by atoms with Crippen molar-refractivity contribution in [3.8, 4) is 11.5 Å². The average molecular weight is 334 g/mol. The van der Waals surface area contributed by atoms with Crippen LogP contribution in [-0.2, 0) is 4.79 Å². The Hall–Kier alpha value is -2.62. The van der Waals surface area contributed by atoms with E-state index in [4.69, 9.17) is 4.42 Å². The van der Waals surface area contributed by atoms with E-state index in [1.165, 1.54) is 6.42 Å². The topological polar surface area (TPSA) is 55.1 Å². The van der Waals surface area contributed by atoms with Gasteiger partial charge < -0.3 is 9.73 Å². The van der Waals surface area contributed by atoms with Gasteiger partial charge in [-0.1, -0.05) is 37.5 Å². The molecular formula is C21H22N2O2. The van der Waals surface area contributed by atoms with Crippen molar-refractivity contribution in [2.75, 3.05) is 5.32 Å². The number of rotatable bonds is 3. The van der Waals surface area contributed by atoms with E-state index >= 15 is 0 Å². The first-order valence-electron chi connectivity index (χ1n) is 8.98. The molecule has 0 spiro atoms. The summed E-state index contributed by atoms with van der Waals surface area (Å²) >= 11 is 0. The maximum Gasteiger partial charge on any atom is 0.227 e. The quantitative estimate of drug-likeness (QED) is 0.705. The second kappa shape index (κ2) is 6.71. The number of benzene rings is 2. The van der Waals surface area contributed by atoms with Crippen LogP contribution in [0.4, 0.5) is 5.69 Å². The molecule has 3 aromatic rings. The molecule has 0 unspecified atom stereocenters. The number of hydrogen-bond acceptors (Lipinski definition) is 3. The van der Waals surface area contributed by atoms with Crippen molar-refractivity contribution < 1.29 is 9.21 Å². The number of carbonyl (C=O) groups is 1. The monoisotopic (exact) mass is 334 g/mol. The Balaban J connectivity index is 1.58. The molecule has 2 aromatic carbocycles. The fourth-order valence-corrected chi connectivity index (χ4v) is 3.54. The van der Waals surface area contributed by atoms with E-state index < -0.39 is 0 Å². The molecule has 0 saturated heterocycles. The molecule has 4 heteroatoms. The summed E-state index contributed by atoms with van der Waals surface area (Å²) in [7, 11) is 0. The third kappa shape index (κ3) is 3.29. The van der Waals surface area contributed by atoms with E-state index in [1.807, 2.05) is 49.4 Å². The Morgan fingerprint density at radius 1 is 1.12 bits per heavy atom. The van der Waals surface area contributed by atoms with Crippen LogP contribution in [0.15, 0.2) is 46.9 Å². The van der Waals surface area contributed by atoms with Crippen LogP contribution in [0.5, 0.6) is 0 Å². The summed E-state index contributed by atoms with van der Waals surface area (Å²) in [6.45, 7) is 2.04. The minimum atomic E-state index is 0.123. The predicted molar refractivity (Wildman–Crippen MR) is 99.4 cm³/mol. The molecule has 0 aliphatic heterocycles. The maximum atomic E-state index is 12.4. The van der Waals surface area contributed by atoms with Crippen LogP contribution in [0.25, 0.3) is 22.6 Å². The van der Waals surface area contributed by atoms with Gasteiger partial charge in [0.2, 0.25) is 11.8 Å². The van der Waals surface area contributed by atoms with Gasteiger partial charge in [0.15, 0.2) is 5.58 Å². The zero-order valence-corrected chi connectivity index (χ0v) is 14.4. The number of fused-ring (bicyclic) bond motifs is 1. The molecule has 0 radical (unpaired) electrons. The van der Waals surface area contributed by atoms with Crippen LogP contribution >= 0.6 is 0 Å². The van der Waals surface area contributed by atoms with Crippen molar-refractivity contribution in [2.24, 2.45) is 5.92 Å². The molecule has 1 aromatic heterocycles. The number of nitrogens with one attached hydrogen (secondary N) is 1. The first-order valence-corrected chi connectivity index (χ1v) is 8.98. The summed E-state index contributed by atoms with van der Waals surface area (Å²) in [5, 5.41) is 3.04. The highest BCUT2D eigenvalue weighted by atomic mass is 16.3. The summed E-state index contributed by atoms with van der Waals surface area (Å²) in [4.78, 5) is 17.0. The molecule has 1 amide bonds. The van der Waals surface area contributed by atoms with Gasteiger partial charge in [-0.25, -0.2) is 4.98 Å². The van der Waals surface area contributed by atoms with Crippen LogP contribution < -0.4 is 5.32 Å². The smallest absolute Gasteiger partial charge is 0.227 e. The first kappa shape index (κ1) is 15.9. The van der Waals surface area contributed by atoms with Gasteiger partial charge in [0.05, 0.1) is 0 Å². The summed E-state index contributed by atoms with van der Waals surface area (Å²) in [6.07, 6.45) is 5.54. The van der Waals surface area contributed by atoms with Crippen molar-refractivity contribution in [1.82, 2.24) is 4.98 Å². The molecule has 0 atom stereocenters. The van der Waals surface area contributed by atoms with E-state index in [0.29, 0.717) is 11.5 Å². The zero-order chi connectivity index (χ0) is 17.2. The Kier molecular flexibility index (Phi) is 4.26. The van der Waals surface area contributed by atoms with Gasteiger partial charge in [-0.15, -0.1) is 0 Å². The van der Waals surface area contributed by atoms with Gasteiger partial charge in [0, 0.05) is 23.2 Å². The van der Waals surface area contributed by atoms with Crippen molar-refractivity contribution in [2.45, 2.75) is 39.0 Å². The number of carbonyl (C=O) groups excluding carboxylic acids is 1. The highest BCUT2D eigenvalue weighted by Crippen LogP contribution is 2.29. The Bertz CT molecular complexity index is 907. The lowest BCUT2D eigenvalue weighted by molar-refractivity contribution is -0.120. The molecule has 25 heavy (non-hydrogen) atoms. The predicted octanol–water partition coefficient (Wildman–Crippen LogP) is 5.32. The summed E-state index contributed by atoms with van der Waals surface area (Å²) < 4.78 is 5.94. The van der Waals surface area contributed by atoms with E-state index in [0.717, 1.165) is 48.0 Å². The van der Waals surface area contributed by atoms with Crippen molar-refractivity contribution in [3.63, 3.8) is 0 Å². The number of oxazole rings is 1. The van der Waals surface area contributed by atoms with E-state index in [2.05, 4.69) is 10.3 Å². The average Bonchev–Trinajstić information content (AvgIpc) is 3.06. The van der Waals surface area contributed by atoms with E-state index in [-0.39, 0.29) is 11.8 Å². The Morgan fingerprint density at radius 3 is 2.72 bits per heavy atom. The van der Waals surface area contributed by atoms with Gasteiger partial charge in [-0.3, -0.25) is 4.79 Å². The van der Waals surface area contributed by atoms with Crippen molar-refractivity contribution in [1.29, 1.82) is 0 Å². The Morgan fingerprint density at radius 2 is 1.92 bits per heavy atom. The number of amides is 1. The zero-order valence-electron chi connectivity index (χ0n) is 14.4. The van der Waals surface area contributed by atoms with E-state index in [1.54, 1.807) is 0 Å². The molecule has 4 nitrogen and oxygen atoms in total. The molecule has 128 valence electrons. The summed E-state index contributed by atoms with van der Waals surface area (Å²) in [6, 6.07) is 13.7. The highest BCUT2D eigenvalue weighted by molar-refractivity contribution is 5.94. The lowest BCUT2D eigenvalue weighted by Crippen LogP contribution is -2.24. The molecule has 4 rings (SSSR count). The second-order valence-electron chi connectivity index (χ2n) is 6.84. The van der Waals surface area contributed by atoms with Crippen LogP contribution in [0, 0.1) is 12.8 Å². The molecule has 1 heterocycles. The van der Waals surface area contributed by atoms with Crippen LogP contribution in [0.1, 0.15) is 37.7 Å². The van der Waals surface area contributed by atoms with Gasteiger partial charge >= 0.3 is 0 Å². The standard InChI is InChI=1S/C21H22N2O2/c1-14-7-5-6-10-17(14)21-23-18-12-11-16(13-19(18)25-21)22-20(24)15-8-3-2-4-9-15/h5-7,10-13,15H,2-4,8-9H2,1H3,(H,22,24). The SMILES string of the molecule is Cc1ccccc1-c1nc2ccc(NC(=O)C3CCCCC3)cc2o1. The largest absolute Gasteiger partial charge is 0.436 e. The minimum absolute atomic E-state index is 0.123. The number of aryl methyl sites for hydroxylation is 1. The number of anilines is 1. The first-order chi connectivity index (χ1) is 12.2. The second-order valence-corrected chi connectivity index (χ2v) is 6.84. The lowest BCUT2D eigenvalue weighted by Gasteiger charge is -2.20. The third-order valence-corrected chi connectivity index (χ3v) is 5.01. The van der Waals surface area contributed by atoms with E-state index in [9.17, 15) is 4.79 Å². The van der Waals surface area contributed by atoms with Gasteiger partial charge in [0.25, 0.3) is 0 Å². The molecular weight excluding hydrogens is 312 g/mol. The molecule has 0 bridgehead atoms. The minimum Gasteiger partial charge on any atom is -0.436 e. The molecule has 1 aliphatic carbocycles. The number of aromatic nitrogens is 1. The highest BCUT2D eigenvalue weighted by Gasteiger charge is 2.21. The fraction of sp³-hybridized carbons (Fsp3) is 0.333. The molecule has 1 N–H and O–H groups in total. The fourth-order valence-electron chi connectivity index (χ4n) is 3.54. The molecule has 1 aliphatic rings. The van der Waals surface area contributed by atoms with Crippen molar-refractivity contribution >= 4 is 22.7 Å². The molecule has 1 saturated carbocycles. The number of hydrogen-bond donors (Lipinski definition) is 1. The van der Waals surface area contributed by atoms with Gasteiger partial charge in [-0.05, 0) is 43.5 Å². The van der Waals surface area contributed by atoms with Gasteiger partial charge in [-0.2, -0.15) is 0 Å². The third-order valence-electron chi connectivity index (χ3n) is 5.01. The molecule has 1 fully saturated rings. The van der Waals surface area contributed by atoms with Crippen molar-refractivity contribution in [3.05, 3.63) is 48.0 Å². The normalized spacial score (nSPS) is 15.4. The summed E-state index contributed by atoms with van der Waals surface area (Å²) in [5.41, 5.74) is 4.38. The van der Waals surface area contributed by atoms with Crippen LogP contribution in [-0.4, -0.2) is 10.9 Å². The Labute approximate surface area is 147 Å². The summed E-state index contributed by atoms with van der Waals surface area (Å²) in [5.74, 6) is 0.878. The maximum absolute atomic E-state index is 12.4. The van der Waals surface area contributed by atoms with Gasteiger partial charge in [0.1, 0.15) is 5.52 Å². The van der Waals surface area contributed by atoms with Crippen LogP contribution in [0.2, 0.25) is 0 Å². The number of nitrogens with zero attached hydrogens (tertiary/aromatic N) is 1. The van der Waals surface area contributed by atoms with Crippen LogP contribution in [0.3, 0.4) is 0 Å². The lowest BCUT2D eigenvalue weighted by atomic mass is 9.88.